The van der Waals surface area contributed by atoms with Gasteiger partial charge < -0.3 is 19.0 Å². The van der Waals surface area contributed by atoms with Crippen LogP contribution in [-0.2, 0) is 6.54 Å². The highest BCUT2D eigenvalue weighted by Crippen LogP contribution is 2.24. The zero-order chi connectivity index (χ0) is 17.9. The summed E-state index contributed by atoms with van der Waals surface area (Å²) in [5.41, 5.74) is 1.33. The number of furan rings is 1. The summed E-state index contributed by atoms with van der Waals surface area (Å²) in [6.45, 7) is 1.99. The minimum Gasteiger partial charge on any atom is -0.488 e. The molecule has 0 fully saturated rings. The van der Waals surface area contributed by atoms with E-state index in [1.165, 1.54) is 4.90 Å². The normalized spacial score (nSPS) is 12.5. The van der Waals surface area contributed by atoms with Gasteiger partial charge in [-0.1, -0.05) is 30.3 Å². The van der Waals surface area contributed by atoms with Gasteiger partial charge in [0.25, 0.3) is 5.56 Å². The molecule has 0 aliphatic rings. The molecule has 2 N–H and O–H groups in total. The van der Waals surface area contributed by atoms with E-state index in [9.17, 15) is 4.79 Å². The maximum atomic E-state index is 12.3. The molecule has 0 saturated heterocycles. The van der Waals surface area contributed by atoms with Crippen LogP contribution in [0.3, 0.4) is 0 Å². The van der Waals surface area contributed by atoms with E-state index in [4.69, 9.17) is 9.15 Å². The first-order valence-corrected chi connectivity index (χ1v) is 8.60. The summed E-state index contributed by atoms with van der Waals surface area (Å²) in [5.74, 6) is 1.50. The van der Waals surface area contributed by atoms with Crippen molar-refractivity contribution in [2.24, 2.45) is 0 Å². The molecule has 26 heavy (non-hydrogen) atoms. The number of benzene rings is 2. The number of quaternary nitrogens is 1. The summed E-state index contributed by atoms with van der Waals surface area (Å²) in [4.78, 5) is 21.0. The van der Waals surface area contributed by atoms with E-state index in [0.29, 0.717) is 30.1 Å². The van der Waals surface area contributed by atoms with E-state index >= 15 is 0 Å². The van der Waals surface area contributed by atoms with Gasteiger partial charge in [-0.25, -0.2) is 4.98 Å². The third kappa shape index (κ3) is 3.32. The number of hydrogen-bond donors (Lipinski definition) is 2. The Kier molecular flexibility index (Phi) is 4.41. The third-order valence-electron chi connectivity index (χ3n) is 4.29. The van der Waals surface area contributed by atoms with Crippen LogP contribution in [0.25, 0.3) is 22.1 Å². The van der Waals surface area contributed by atoms with E-state index in [1.54, 1.807) is 0 Å². The molecule has 4 aromatic rings. The second-order valence-electron chi connectivity index (χ2n) is 6.33. The Bertz CT molecular complexity index is 1090. The van der Waals surface area contributed by atoms with Crippen LogP contribution < -0.4 is 15.2 Å². The zero-order valence-electron chi connectivity index (χ0n) is 14.5. The van der Waals surface area contributed by atoms with Gasteiger partial charge in [-0.2, -0.15) is 0 Å². The minimum atomic E-state index is -0.241. The molecule has 0 bridgehead atoms. The van der Waals surface area contributed by atoms with E-state index in [0.717, 1.165) is 17.7 Å². The molecule has 0 aliphatic carbocycles. The van der Waals surface area contributed by atoms with Gasteiger partial charge in [-0.3, -0.25) is 4.79 Å². The SMILES string of the molecule is C[NH+](CCOc1ccccc1)Cc1nc2c(oc3ccccc32)c(=O)[nH]1. The van der Waals surface area contributed by atoms with Crippen molar-refractivity contribution in [3.63, 3.8) is 0 Å². The Morgan fingerprint density at radius 1 is 1.12 bits per heavy atom. The van der Waals surface area contributed by atoms with E-state index < -0.39 is 0 Å². The highest BCUT2D eigenvalue weighted by molar-refractivity contribution is 6.01. The molecule has 0 radical (unpaired) electrons. The zero-order valence-corrected chi connectivity index (χ0v) is 14.5. The molecule has 0 amide bonds. The van der Waals surface area contributed by atoms with Gasteiger partial charge in [0.2, 0.25) is 5.58 Å². The van der Waals surface area contributed by atoms with Gasteiger partial charge in [0.05, 0.1) is 7.05 Å². The molecule has 1 unspecified atom stereocenters. The second kappa shape index (κ2) is 7.01. The predicted molar refractivity (Wildman–Crippen MR) is 99.5 cm³/mol. The number of nitrogens with zero attached hydrogens (tertiary/aromatic N) is 1. The van der Waals surface area contributed by atoms with Crippen LogP contribution in [0.15, 0.2) is 63.8 Å². The summed E-state index contributed by atoms with van der Waals surface area (Å²) < 4.78 is 11.3. The Morgan fingerprint density at radius 2 is 1.88 bits per heavy atom. The topological polar surface area (TPSA) is 72.6 Å². The van der Waals surface area contributed by atoms with Crippen molar-refractivity contribution in [1.29, 1.82) is 0 Å². The van der Waals surface area contributed by atoms with Gasteiger partial charge in [-0.15, -0.1) is 0 Å². The lowest BCUT2D eigenvalue weighted by atomic mass is 10.2. The number of nitrogens with one attached hydrogen (secondary N) is 2. The fourth-order valence-electron chi connectivity index (χ4n) is 2.97. The van der Waals surface area contributed by atoms with Crippen molar-refractivity contribution in [3.05, 3.63) is 70.8 Å². The number of aromatic amines is 1. The predicted octanol–water partition coefficient (Wildman–Crippen LogP) is 1.76. The van der Waals surface area contributed by atoms with Gasteiger partial charge in [0.1, 0.15) is 36.5 Å². The van der Waals surface area contributed by atoms with Crippen LogP contribution in [0.2, 0.25) is 0 Å². The average molecular weight is 350 g/mol. The van der Waals surface area contributed by atoms with Crippen LogP contribution in [-0.4, -0.2) is 30.2 Å². The molecular weight excluding hydrogens is 330 g/mol. The molecule has 6 heteroatoms. The number of H-pyrrole nitrogens is 1. The van der Waals surface area contributed by atoms with Gasteiger partial charge >= 0.3 is 0 Å². The number of likely N-dealkylation sites (N-methyl/N-ethyl adjacent to an activating group) is 1. The van der Waals surface area contributed by atoms with Crippen LogP contribution >= 0.6 is 0 Å². The van der Waals surface area contributed by atoms with E-state index in [-0.39, 0.29) is 11.1 Å². The average Bonchev–Trinajstić information content (AvgIpc) is 3.02. The molecule has 132 valence electrons. The second-order valence-corrected chi connectivity index (χ2v) is 6.33. The van der Waals surface area contributed by atoms with Crippen molar-refractivity contribution in [2.45, 2.75) is 6.54 Å². The fourth-order valence-corrected chi connectivity index (χ4v) is 2.97. The lowest BCUT2D eigenvalue weighted by Gasteiger charge is -2.14. The van der Waals surface area contributed by atoms with Gasteiger partial charge in [0.15, 0.2) is 5.82 Å². The quantitative estimate of drug-likeness (QED) is 0.556. The van der Waals surface area contributed by atoms with Crippen LogP contribution in [0.5, 0.6) is 5.75 Å². The number of fused-ring (bicyclic) bond motifs is 3. The van der Waals surface area contributed by atoms with Crippen molar-refractivity contribution < 1.29 is 14.1 Å². The van der Waals surface area contributed by atoms with Gasteiger partial charge in [0, 0.05) is 5.39 Å². The molecule has 2 aromatic heterocycles. The molecule has 2 aromatic carbocycles. The first-order chi connectivity index (χ1) is 12.7. The van der Waals surface area contributed by atoms with Gasteiger partial charge in [-0.05, 0) is 24.3 Å². The summed E-state index contributed by atoms with van der Waals surface area (Å²) in [5, 5.41) is 0.861. The molecule has 0 saturated carbocycles. The fraction of sp³-hybridized carbons (Fsp3) is 0.200. The highest BCUT2D eigenvalue weighted by Gasteiger charge is 2.14. The molecular formula is C20H20N3O3+. The van der Waals surface area contributed by atoms with Crippen LogP contribution in [0.4, 0.5) is 0 Å². The molecule has 4 rings (SSSR count). The summed E-state index contributed by atoms with van der Waals surface area (Å²) in [6.07, 6.45) is 0. The largest absolute Gasteiger partial charge is 0.488 e. The summed E-state index contributed by atoms with van der Waals surface area (Å²) in [7, 11) is 2.05. The maximum absolute atomic E-state index is 12.3. The number of hydrogen-bond acceptors (Lipinski definition) is 4. The Balaban J connectivity index is 1.48. The van der Waals surface area contributed by atoms with E-state index in [2.05, 4.69) is 9.97 Å². The van der Waals surface area contributed by atoms with Crippen molar-refractivity contribution in [2.75, 3.05) is 20.2 Å². The number of aromatic nitrogens is 2. The Labute approximate surface area is 150 Å². The molecule has 1 atom stereocenters. The number of ether oxygens (including phenoxy) is 1. The van der Waals surface area contributed by atoms with Crippen molar-refractivity contribution in [3.8, 4) is 5.75 Å². The van der Waals surface area contributed by atoms with Crippen molar-refractivity contribution in [1.82, 2.24) is 9.97 Å². The first kappa shape index (κ1) is 16.4. The molecule has 2 heterocycles. The lowest BCUT2D eigenvalue weighted by Crippen LogP contribution is -3.08. The highest BCUT2D eigenvalue weighted by atomic mass is 16.5. The third-order valence-corrected chi connectivity index (χ3v) is 4.29. The van der Waals surface area contributed by atoms with E-state index in [1.807, 2.05) is 61.6 Å². The number of para-hydroxylation sites is 2. The first-order valence-electron chi connectivity index (χ1n) is 8.60. The maximum Gasteiger partial charge on any atom is 0.294 e. The molecule has 0 spiro atoms. The standard InChI is InChI=1S/C20H19N3O3/c1-23(11-12-25-14-7-3-2-4-8-14)13-17-21-18-15-9-5-6-10-16(15)26-19(18)20(24)22-17/h2-10H,11-13H2,1H3,(H,21,22,24)/p+1. The Morgan fingerprint density at radius 3 is 2.73 bits per heavy atom. The van der Waals surface area contributed by atoms with Crippen LogP contribution in [0.1, 0.15) is 5.82 Å². The molecule has 6 nitrogen and oxygen atoms in total. The van der Waals surface area contributed by atoms with Crippen molar-refractivity contribution >= 4 is 22.1 Å². The minimum absolute atomic E-state index is 0.241. The Hall–Kier alpha value is -3.12. The van der Waals surface area contributed by atoms with Crippen LogP contribution in [0, 0.1) is 0 Å². The lowest BCUT2D eigenvalue weighted by molar-refractivity contribution is -0.894. The summed E-state index contributed by atoms with van der Waals surface area (Å²) in [6, 6.07) is 17.3. The molecule has 0 aliphatic heterocycles. The monoisotopic (exact) mass is 350 g/mol. The summed E-state index contributed by atoms with van der Waals surface area (Å²) >= 11 is 0. The smallest absolute Gasteiger partial charge is 0.294 e. The number of rotatable bonds is 6.